The number of aliphatic hydroxyl groups is 1. The first-order valence-corrected chi connectivity index (χ1v) is 3.30. The van der Waals surface area contributed by atoms with Crippen LogP contribution in [-0.2, 0) is 6.61 Å². The van der Waals surface area contributed by atoms with Gasteiger partial charge in [0.2, 0.25) is 5.95 Å². The molecule has 1 heterocycles. The molecule has 1 rings (SSSR count). The van der Waals surface area contributed by atoms with Gasteiger partial charge >= 0.3 is 0 Å². The minimum absolute atomic E-state index is 0.345. The van der Waals surface area contributed by atoms with Crippen molar-refractivity contribution < 1.29 is 22.7 Å². The highest BCUT2D eigenvalue weighted by molar-refractivity contribution is 5.22. The maximum atomic E-state index is 12.7. The van der Waals surface area contributed by atoms with E-state index in [4.69, 9.17) is 5.11 Å². The van der Waals surface area contributed by atoms with E-state index in [2.05, 4.69) is 4.98 Å². The lowest BCUT2D eigenvalue weighted by molar-refractivity contribution is 0.139. The fraction of sp³-hybridized carbons (Fsp3) is 0.286. The maximum absolute atomic E-state index is 12.7. The van der Waals surface area contributed by atoms with E-state index < -0.39 is 36.1 Å². The molecule has 0 bridgehead atoms. The summed E-state index contributed by atoms with van der Waals surface area (Å²) in [5.74, 6) is -2.55. The highest BCUT2D eigenvalue weighted by Gasteiger charge is 2.19. The van der Waals surface area contributed by atoms with E-state index in [0.717, 1.165) is 0 Å². The number of hydrogen-bond donors (Lipinski definition) is 1. The van der Waals surface area contributed by atoms with Crippen LogP contribution in [0.1, 0.15) is 17.7 Å². The Hall–Kier alpha value is -1.17. The standard InChI is InChI=1S/C7H5F4NO/c8-4-1-5(9)12-6(7(10)11)3(4)2-13/h1,7,13H,2H2. The van der Waals surface area contributed by atoms with Gasteiger partial charge in [0.05, 0.1) is 6.61 Å². The minimum atomic E-state index is -3.10. The zero-order valence-electron chi connectivity index (χ0n) is 6.27. The lowest BCUT2D eigenvalue weighted by Gasteiger charge is -2.05. The molecule has 72 valence electrons. The first-order valence-electron chi connectivity index (χ1n) is 3.30. The van der Waals surface area contributed by atoms with Gasteiger partial charge in [-0.05, 0) is 0 Å². The molecule has 0 aliphatic carbocycles. The topological polar surface area (TPSA) is 33.1 Å². The Labute approximate surface area is 70.8 Å². The van der Waals surface area contributed by atoms with Gasteiger partial charge in [0.15, 0.2) is 0 Å². The molecular weight excluding hydrogens is 190 g/mol. The van der Waals surface area contributed by atoms with Crippen LogP contribution in [0.25, 0.3) is 0 Å². The summed E-state index contributed by atoms with van der Waals surface area (Å²) in [6, 6.07) is 0.345. The molecule has 0 unspecified atom stereocenters. The average Bonchev–Trinajstić information content (AvgIpc) is 2.02. The van der Waals surface area contributed by atoms with E-state index in [0.29, 0.717) is 6.07 Å². The van der Waals surface area contributed by atoms with Gasteiger partial charge in [-0.1, -0.05) is 0 Å². The average molecular weight is 195 g/mol. The van der Waals surface area contributed by atoms with Crippen LogP contribution >= 0.6 is 0 Å². The highest BCUT2D eigenvalue weighted by atomic mass is 19.3. The molecule has 1 aromatic rings. The van der Waals surface area contributed by atoms with E-state index >= 15 is 0 Å². The molecule has 13 heavy (non-hydrogen) atoms. The van der Waals surface area contributed by atoms with E-state index in [1.807, 2.05) is 0 Å². The normalized spacial score (nSPS) is 10.9. The molecule has 0 aromatic carbocycles. The van der Waals surface area contributed by atoms with Crippen molar-refractivity contribution >= 4 is 0 Å². The largest absolute Gasteiger partial charge is 0.391 e. The molecular formula is C7H5F4NO. The van der Waals surface area contributed by atoms with Gasteiger partial charge < -0.3 is 5.11 Å². The summed E-state index contributed by atoms with van der Waals surface area (Å²) >= 11 is 0. The summed E-state index contributed by atoms with van der Waals surface area (Å²) in [5.41, 5.74) is -1.73. The number of alkyl halides is 2. The molecule has 0 saturated heterocycles. The molecule has 1 aromatic heterocycles. The van der Waals surface area contributed by atoms with Crippen molar-refractivity contribution in [2.75, 3.05) is 0 Å². The number of rotatable bonds is 2. The number of nitrogens with zero attached hydrogens (tertiary/aromatic N) is 1. The van der Waals surface area contributed by atoms with Crippen molar-refractivity contribution in [3.63, 3.8) is 0 Å². The van der Waals surface area contributed by atoms with Crippen LogP contribution < -0.4 is 0 Å². The second kappa shape index (κ2) is 3.69. The Morgan fingerprint density at radius 1 is 1.38 bits per heavy atom. The van der Waals surface area contributed by atoms with E-state index in [1.165, 1.54) is 0 Å². The summed E-state index contributed by atoms with van der Waals surface area (Å²) in [6.45, 7) is -0.932. The Morgan fingerprint density at radius 2 is 2.00 bits per heavy atom. The van der Waals surface area contributed by atoms with Crippen molar-refractivity contribution in [1.29, 1.82) is 0 Å². The van der Waals surface area contributed by atoms with Gasteiger partial charge in [-0.15, -0.1) is 0 Å². The van der Waals surface area contributed by atoms with Crippen LogP contribution in [-0.4, -0.2) is 10.1 Å². The van der Waals surface area contributed by atoms with Gasteiger partial charge in [0.1, 0.15) is 11.5 Å². The Bertz CT molecular complexity index is 316. The van der Waals surface area contributed by atoms with Crippen molar-refractivity contribution in [2.45, 2.75) is 13.0 Å². The second-order valence-electron chi connectivity index (χ2n) is 2.25. The predicted octanol–water partition coefficient (Wildman–Crippen LogP) is 1.79. The molecule has 0 atom stereocenters. The summed E-state index contributed by atoms with van der Waals surface area (Å²) in [7, 11) is 0. The lowest BCUT2D eigenvalue weighted by atomic mass is 10.2. The third kappa shape index (κ3) is 1.95. The van der Waals surface area contributed by atoms with E-state index in [1.54, 1.807) is 0 Å². The summed E-state index contributed by atoms with van der Waals surface area (Å²) in [6.07, 6.45) is -3.10. The van der Waals surface area contributed by atoms with Gasteiger partial charge in [-0.3, -0.25) is 0 Å². The first kappa shape index (κ1) is 9.91. The van der Waals surface area contributed by atoms with Crippen molar-refractivity contribution in [2.24, 2.45) is 0 Å². The van der Waals surface area contributed by atoms with E-state index in [-0.39, 0.29) is 0 Å². The lowest BCUT2D eigenvalue weighted by Crippen LogP contribution is -2.04. The Balaban J connectivity index is 3.29. The van der Waals surface area contributed by atoms with Gasteiger partial charge in [0.25, 0.3) is 6.43 Å². The third-order valence-electron chi connectivity index (χ3n) is 1.44. The minimum Gasteiger partial charge on any atom is -0.391 e. The Kier molecular flexibility index (Phi) is 2.82. The molecule has 0 aliphatic rings. The molecule has 2 nitrogen and oxygen atoms in total. The molecule has 0 fully saturated rings. The van der Waals surface area contributed by atoms with Gasteiger partial charge in [0, 0.05) is 11.6 Å². The second-order valence-corrected chi connectivity index (χ2v) is 2.25. The molecule has 0 radical (unpaired) electrons. The number of aromatic nitrogens is 1. The summed E-state index contributed by atoms with van der Waals surface area (Å²) in [5, 5.41) is 8.50. The Morgan fingerprint density at radius 3 is 2.46 bits per heavy atom. The van der Waals surface area contributed by atoms with Crippen molar-refractivity contribution in [1.82, 2.24) is 4.98 Å². The van der Waals surface area contributed by atoms with Crippen molar-refractivity contribution in [3.8, 4) is 0 Å². The van der Waals surface area contributed by atoms with Crippen LogP contribution in [0.5, 0.6) is 0 Å². The summed E-state index contributed by atoms with van der Waals surface area (Å²) in [4.78, 5) is 2.79. The van der Waals surface area contributed by atoms with Crippen LogP contribution in [0.2, 0.25) is 0 Å². The fourth-order valence-electron chi connectivity index (χ4n) is 0.866. The van der Waals surface area contributed by atoms with Gasteiger partial charge in [-0.2, -0.15) is 4.39 Å². The molecule has 0 amide bonds. The number of halogens is 4. The van der Waals surface area contributed by atoms with Crippen LogP contribution in [0.3, 0.4) is 0 Å². The quantitative estimate of drug-likeness (QED) is 0.576. The molecule has 0 aliphatic heterocycles. The number of aliphatic hydroxyl groups excluding tert-OH is 1. The third-order valence-corrected chi connectivity index (χ3v) is 1.44. The van der Waals surface area contributed by atoms with Crippen LogP contribution in [0, 0.1) is 11.8 Å². The molecule has 0 spiro atoms. The SMILES string of the molecule is OCc1c(F)cc(F)nc1C(F)F. The summed E-state index contributed by atoms with van der Waals surface area (Å²) < 4.78 is 49.2. The zero-order chi connectivity index (χ0) is 10.0. The number of hydrogen-bond acceptors (Lipinski definition) is 2. The zero-order valence-corrected chi connectivity index (χ0v) is 6.27. The maximum Gasteiger partial charge on any atom is 0.280 e. The van der Waals surface area contributed by atoms with Crippen molar-refractivity contribution in [3.05, 3.63) is 29.1 Å². The smallest absolute Gasteiger partial charge is 0.280 e. The van der Waals surface area contributed by atoms with Crippen LogP contribution in [0.15, 0.2) is 6.07 Å². The first-order chi connectivity index (χ1) is 6.06. The monoisotopic (exact) mass is 195 g/mol. The highest BCUT2D eigenvalue weighted by Crippen LogP contribution is 2.23. The number of pyridine rings is 1. The molecule has 0 saturated carbocycles. The fourth-order valence-corrected chi connectivity index (χ4v) is 0.866. The molecule has 6 heteroatoms. The van der Waals surface area contributed by atoms with Gasteiger partial charge in [-0.25, -0.2) is 18.2 Å². The molecule has 1 N–H and O–H groups in total. The predicted molar refractivity (Wildman–Crippen MR) is 35.0 cm³/mol. The van der Waals surface area contributed by atoms with Crippen LogP contribution in [0.4, 0.5) is 17.6 Å². The van der Waals surface area contributed by atoms with E-state index in [9.17, 15) is 17.6 Å².